The van der Waals surface area contributed by atoms with Crippen LogP contribution < -0.4 is 0 Å². The first-order valence-electron chi connectivity index (χ1n) is 17.4. The number of thiophene rings is 2. The van der Waals surface area contributed by atoms with Crippen LogP contribution in [0.3, 0.4) is 0 Å². The molecule has 11 aromatic rings. The van der Waals surface area contributed by atoms with Crippen LogP contribution in [0.5, 0.6) is 0 Å². The molecule has 0 amide bonds. The Kier molecular flexibility index (Phi) is 7.05. The first kappa shape index (κ1) is 30.5. The zero-order valence-corrected chi connectivity index (χ0v) is 30.5. The van der Waals surface area contributed by atoms with Crippen LogP contribution in [0.15, 0.2) is 158 Å². The van der Waals surface area contributed by atoms with Crippen LogP contribution in [0.25, 0.3) is 106 Å². The fourth-order valence-corrected chi connectivity index (χ4v) is 10.6. The van der Waals surface area contributed by atoms with Crippen LogP contribution >= 0.6 is 34.0 Å². The molecular weight excluding hydrogens is 705 g/mol. The highest BCUT2D eigenvalue weighted by Crippen LogP contribution is 2.43. The lowest BCUT2D eigenvalue weighted by Gasteiger charge is -2.10. The summed E-state index contributed by atoms with van der Waals surface area (Å²) in [6.45, 7) is 0. The Labute approximate surface area is 316 Å². The molecule has 0 atom stereocenters. The van der Waals surface area contributed by atoms with Crippen LogP contribution in [0.1, 0.15) is 0 Å². The van der Waals surface area contributed by atoms with E-state index in [1.807, 2.05) is 35.6 Å². The lowest BCUT2D eigenvalue weighted by molar-refractivity contribution is 1.08. The van der Waals surface area contributed by atoms with Crippen molar-refractivity contribution in [3.8, 4) is 55.9 Å². The molecule has 0 saturated carbocycles. The molecule has 248 valence electrons. The van der Waals surface area contributed by atoms with Crippen molar-refractivity contribution in [2.45, 2.75) is 0 Å². The monoisotopic (exact) mass is 730 g/mol. The van der Waals surface area contributed by atoms with E-state index in [1.54, 1.807) is 22.7 Å². The third kappa shape index (κ3) is 5.16. The van der Waals surface area contributed by atoms with Gasteiger partial charge in [-0.3, -0.25) is 0 Å². The summed E-state index contributed by atoms with van der Waals surface area (Å²) in [6, 6.07) is 55.6. The van der Waals surface area contributed by atoms with E-state index in [2.05, 4.69) is 133 Å². The van der Waals surface area contributed by atoms with Crippen molar-refractivity contribution in [1.29, 1.82) is 0 Å². The second kappa shape index (κ2) is 12.2. The van der Waals surface area contributed by atoms with Crippen molar-refractivity contribution >= 4 is 84.6 Å². The summed E-state index contributed by atoms with van der Waals surface area (Å²) in [4.78, 5) is 20.4. The van der Waals surface area contributed by atoms with Crippen LogP contribution in [0.2, 0.25) is 0 Å². The molecule has 4 heterocycles. The maximum absolute atomic E-state index is 5.20. The third-order valence-corrected chi connectivity index (χ3v) is 13.2. The molecule has 0 saturated heterocycles. The van der Waals surface area contributed by atoms with Crippen molar-refractivity contribution in [3.63, 3.8) is 0 Å². The first-order chi connectivity index (χ1) is 26.2. The quantitative estimate of drug-likeness (QED) is 0.177. The van der Waals surface area contributed by atoms with Gasteiger partial charge in [-0.15, -0.1) is 34.0 Å². The van der Waals surface area contributed by atoms with Gasteiger partial charge in [-0.05, 0) is 47.5 Å². The second-order valence-electron chi connectivity index (χ2n) is 13.0. The van der Waals surface area contributed by atoms with Crippen LogP contribution in [0, 0.1) is 0 Å². The Hall–Kier alpha value is -6.12. The maximum atomic E-state index is 5.20. The molecule has 0 radical (unpaired) electrons. The number of nitrogens with zero attached hydrogens (tertiary/aromatic N) is 4. The molecule has 0 bridgehead atoms. The van der Waals surface area contributed by atoms with Crippen molar-refractivity contribution in [2.24, 2.45) is 0 Å². The van der Waals surface area contributed by atoms with E-state index in [0.29, 0.717) is 17.5 Å². The summed E-state index contributed by atoms with van der Waals surface area (Å²) in [5.41, 5.74) is 7.43. The molecule has 0 aliphatic carbocycles. The molecule has 7 heteroatoms. The van der Waals surface area contributed by atoms with E-state index < -0.39 is 0 Å². The maximum Gasteiger partial charge on any atom is 0.164 e. The van der Waals surface area contributed by atoms with Gasteiger partial charge in [0.25, 0.3) is 0 Å². The van der Waals surface area contributed by atoms with Crippen molar-refractivity contribution in [1.82, 2.24) is 19.9 Å². The molecular formula is C46H26N4S3. The molecule has 0 aliphatic heterocycles. The minimum absolute atomic E-state index is 0.646. The number of hydrogen-bond donors (Lipinski definition) is 0. The number of hydrogen-bond acceptors (Lipinski definition) is 7. The number of para-hydroxylation sites is 1. The van der Waals surface area contributed by atoms with E-state index >= 15 is 0 Å². The average Bonchev–Trinajstić information content (AvgIpc) is 3.94. The van der Waals surface area contributed by atoms with E-state index in [4.69, 9.17) is 19.9 Å². The van der Waals surface area contributed by atoms with Gasteiger partial charge < -0.3 is 0 Å². The summed E-state index contributed by atoms with van der Waals surface area (Å²) < 4.78 is 6.22. The van der Waals surface area contributed by atoms with Crippen molar-refractivity contribution in [3.05, 3.63) is 158 Å². The standard InChI is InChI=1S/C46H26N4S3/c1-2-10-28(11-3-1)43-48-44(29-22-20-27(21-23-29)31-13-8-14-33-32-12-4-6-17-37(32)52-42(31)33)50-45(49-43)34-15-9-19-40-41(34)35-26-30(24-25-38(35)51-40)46-47-36-16-5-7-18-39(36)53-46/h1-26H. The van der Waals surface area contributed by atoms with Crippen LogP contribution in [-0.4, -0.2) is 19.9 Å². The molecule has 0 unspecified atom stereocenters. The Morgan fingerprint density at radius 1 is 0.340 bits per heavy atom. The van der Waals surface area contributed by atoms with E-state index in [9.17, 15) is 0 Å². The van der Waals surface area contributed by atoms with Crippen LogP contribution in [-0.2, 0) is 0 Å². The normalized spacial score (nSPS) is 11.8. The highest BCUT2D eigenvalue weighted by molar-refractivity contribution is 7.26. The topological polar surface area (TPSA) is 51.6 Å². The number of aromatic nitrogens is 4. The molecule has 53 heavy (non-hydrogen) atoms. The SMILES string of the molecule is c1ccc(-c2nc(-c3ccc(-c4cccc5c4sc4ccccc45)cc3)nc(-c3cccc4sc5ccc(-c6nc7ccccc7s6)cc5c34)n2)cc1. The molecule has 11 rings (SSSR count). The van der Waals surface area contributed by atoms with Gasteiger partial charge in [0.1, 0.15) is 5.01 Å². The minimum Gasteiger partial charge on any atom is -0.236 e. The number of fused-ring (bicyclic) bond motifs is 7. The van der Waals surface area contributed by atoms with Gasteiger partial charge >= 0.3 is 0 Å². The van der Waals surface area contributed by atoms with Gasteiger partial charge in [0.05, 0.1) is 10.2 Å². The zero-order valence-electron chi connectivity index (χ0n) is 28.0. The van der Waals surface area contributed by atoms with E-state index in [0.717, 1.165) is 38.2 Å². The largest absolute Gasteiger partial charge is 0.236 e. The molecule has 0 fully saturated rings. The Morgan fingerprint density at radius 3 is 1.81 bits per heavy atom. The molecule has 0 spiro atoms. The second-order valence-corrected chi connectivity index (χ2v) is 16.2. The molecule has 0 aliphatic rings. The van der Waals surface area contributed by atoms with Gasteiger partial charge in [0.2, 0.25) is 0 Å². The van der Waals surface area contributed by atoms with Gasteiger partial charge in [-0.25, -0.2) is 19.9 Å². The summed E-state index contributed by atoms with van der Waals surface area (Å²) in [5.74, 6) is 1.95. The average molecular weight is 731 g/mol. The Balaban J connectivity index is 1.06. The summed E-state index contributed by atoms with van der Waals surface area (Å²) in [7, 11) is 0. The highest BCUT2D eigenvalue weighted by Gasteiger charge is 2.18. The third-order valence-electron chi connectivity index (χ3n) is 9.80. The van der Waals surface area contributed by atoms with Crippen LogP contribution in [0.4, 0.5) is 0 Å². The molecule has 7 aromatic carbocycles. The predicted octanol–water partition coefficient (Wildman–Crippen LogP) is 13.6. The van der Waals surface area contributed by atoms with Gasteiger partial charge in [0, 0.05) is 62.6 Å². The highest BCUT2D eigenvalue weighted by atomic mass is 32.1. The fraction of sp³-hybridized carbons (Fsp3) is 0. The Morgan fingerprint density at radius 2 is 0.962 bits per heavy atom. The lowest BCUT2D eigenvalue weighted by Crippen LogP contribution is -2.00. The van der Waals surface area contributed by atoms with E-state index in [1.165, 1.54) is 50.8 Å². The zero-order chi connectivity index (χ0) is 34.9. The van der Waals surface area contributed by atoms with Gasteiger partial charge in [0.15, 0.2) is 17.5 Å². The Bertz CT molecular complexity index is 3140. The van der Waals surface area contributed by atoms with Crippen molar-refractivity contribution < 1.29 is 0 Å². The molecule has 4 aromatic heterocycles. The van der Waals surface area contributed by atoms with Gasteiger partial charge in [-0.1, -0.05) is 121 Å². The first-order valence-corrected chi connectivity index (χ1v) is 19.8. The predicted molar refractivity (Wildman–Crippen MR) is 226 cm³/mol. The minimum atomic E-state index is 0.646. The number of rotatable bonds is 5. The smallest absolute Gasteiger partial charge is 0.164 e. The summed E-state index contributed by atoms with van der Waals surface area (Å²) in [6.07, 6.45) is 0. The molecule has 4 nitrogen and oxygen atoms in total. The fourth-order valence-electron chi connectivity index (χ4n) is 7.26. The van der Waals surface area contributed by atoms with E-state index in [-0.39, 0.29) is 0 Å². The van der Waals surface area contributed by atoms with Gasteiger partial charge in [-0.2, -0.15) is 0 Å². The lowest BCUT2D eigenvalue weighted by atomic mass is 10.0. The molecule has 0 N–H and O–H groups in total. The number of benzene rings is 7. The summed E-state index contributed by atoms with van der Waals surface area (Å²) in [5, 5.41) is 5.95. The van der Waals surface area contributed by atoms with Crippen molar-refractivity contribution in [2.75, 3.05) is 0 Å². The summed E-state index contributed by atoms with van der Waals surface area (Å²) >= 11 is 5.37. The number of thiazole rings is 1.